The fourth-order valence-corrected chi connectivity index (χ4v) is 3.32. The Morgan fingerprint density at radius 1 is 1.07 bits per heavy atom. The summed E-state index contributed by atoms with van der Waals surface area (Å²) in [6.45, 7) is 4.30. The van der Waals surface area contributed by atoms with E-state index in [4.69, 9.17) is 0 Å². The van der Waals surface area contributed by atoms with Crippen LogP contribution in [-0.4, -0.2) is 27.0 Å². The van der Waals surface area contributed by atoms with Crippen molar-refractivity contribution < 1.29 is 9.59 Å². The van der Waals surface area contributed by atoms with Gasteiger partial charge in [0.15, 0.2) is 10.9 Å². The molecule has 0 aliphatic carbocycles. The van der Waals surface area contributed by atoms with Crippen LogP contribution in [0.15, 0.2) is 66.1 Å². The highest BCUT2D eigenvalue weighted by molar-refractivity contribution is 7.99. The van der Waals surface area contributed by atoms with Gasteiger partial charge in [-0.3, -0.25) is 9.59 Å². The molecule has 0 atom stereocenters. The van der Waals surface area contributed by atoms with Gasteiger partial charge >= 0.3 is 0 Å². The number of benzene rings is 2. The Balaban J connectivity index is 1.55. The zero-order valence-corrected chi connectivity index (χ0v) is 16.1. The molecule has 0 saturated heterocycles. The van der Waals surface area contributed by atoms with E-state index in [2.05, 4.69) is 41.5 Å². The van der Waals surface area contributed by atoms with Gasteiger partial charge < -0.3 is 9.88 Å². The van der Waals surface area contributed by atoms with E-state index in [0.717, 1.165) is 11.7 Å². The molecule has 1 amide bonds. The maximum absolute atomic E-state index is 12.2. The fraction of sp³-hybridized carbons (Fsp3) is 0.190. The summed E-state index contributed by atoms with van der Waals surface area (Å²) in [5, 5.41) is 3.64. The number of nitrogens with zero attached hydrogens (tertiary/aromatic N) is 2. The first-order valence-corrected chi connectivity index (χ1v) is 9.60. The summed E-state index contributed by atoms with van der Waals surface area (Å²) in [4.78, 5) is 27.8. The third-order valence-electron chi connectivity index (χ3n) is 4.06. The standard InChI is InChI=1S/C21H21N3O2S/c1-15-3-5-17(6-4-15)13-24-12-11-22-21(24)27-14-20(26)23-19-9-7-18(8-10-19)16(2)25/h3-12H,13-14H2,1-2H3,(H,23,26). The number of hydrogen-bond acceptors (Lipinski definition) is 4. The lowest BCUT2D eigenvalue weighted by Crippen LogP contribution is -2.14. The molecule has 0 radical (unpaired) electrons. The average Bonchev–Trinajstić information content (AvgIpc) is 3.09. The highest BCUT2D eigenvalue weighted by atomic mass is 32.2. The molecule has 3 rings (SSSR count). The van der Waals surface area contributed by atoms with E-state index in [9.17, 15) is 9.59 Å². The number of ketones is 1. The number of hydrogen-bond donors (Lipinski definition) is 1. The predicted molar refractivity (Wildman–Crippen MR) is 108 cm³/mol. The van der Waals surface area contributed by atoms with Crippen LogP contribution >= 0.6 is 11.8 Å². The van der Waals surface area contributed by atoms with Gasteiger partial charge in [0.2, 0.25) is 5.91 Å². The van der Waals surface area contributed by atoms with Crippen molar-refractivity contribution >= 4 is 29.1 Å². The number of thioether (sulfide) groups is 1. The van der Waals surface area contributed by atoms with Crippen LogP contribution in [0.25, 0.3) is 0 Å². The number of aryl methyl sites for hydroxylation is 1. The van der Waals surface area contributed by atoms with Crippen molar-refractivity contribution in [2.45, 2.75) is 25.5 Å². The third kappa shape index (κ3) is 5.31. The molecule has 0 bridgehead atoms. The molecule has 1 N–H and O–H groups in total. The van der Waals surface area contributed by atoms with Crippen LogP contribution in [0.4, 0.5) is 5.69 Å². The largest absolute Gasteiger partial charge is 0.325 e. The lowest BCUT2D eigenvalue weighted by molar-refractivity contribution is -0.113. The van der Waals surface area contributed by atoms with Crippen molar-refractivity contribution in [2.24, 2.45) is 0 Å². The highest BCUT2D eigenvalue weighted by Gasteiger charge is 2.09. The molecule has 3 aromatic rings. The zero-order chi connectivity index (χ0) is 19.2. The molecule has 1 heterocycles. The molecule has 1 aromatic heterocycles. The van der Waals surface area contributed by atoms with Gasteiger partial charge in [-0.25, -0.2) is 4.98 Å². The molecule has 6 heteroatoms. The van der Waals surface area contributed by atoms with Crippen molar-refractivity contribution in [1.82, 2.24) is 9.55 Å². The average molecular weight is 379 g/mol. The lowest BCUT2D eigenvalue weighted by atomic mass is 10.1. The molecule has 0 fully saturated rings. The second-order valence-electron chi connectivity index (χ2n) is 6.29. The van der Waals surface area contributed by atoms with E-state index >= 15 is 0 Å². The molecule has 5 nitrogen and oxygen atoms in total. The molecular formula is C21H21N3O2S. The number of rotatable bonds is 7. The van der Waals surface area contributed by atoms with Crippen LogP contribution in [0, 0.1) is 6.92 Å². The summed E-state index contributed by atoms with van der Waals surface area (Å²) in [6.07, 6.45) is 3.66. The quantitative estimate of drug-likeness (QED) is 0.494. The fourth-order valence-electron chi connectivity index (χ4n) is 2.56. The van der Waals surface area contributed by atoms with Crippen molar-refractivity contribution in [1.29, 1.82) is 0 Å². The maximum atomic E-state index is 12.2. The number of carbonyl (C=O) groups excluding carboxylic acids is 2. The number of anilines is 1. The Morgan fingerprint density at radius 3 is 2.44 bits per heavy atom. The highest BCUT2D eigenvalue weighted by Crippen LogP contribution is 2.18. The first-order chi connectivity index (χ1) is 13.0. The summed E-state index contributed by atoms with van der Waals surface area (Å²) in [7, 11) is 0. The van der Waals surface area contributed by atoms with Crippen LogP contribution in [-0.2, 0) is 11.3 Å². The van der Waals surface area contributed by atoms with E-state index in [1.807, 2.05) is 10.8 Å². The van der Waals surface area contributed by atoms with Crippen molar-refractivity contribution in [3.05, 3.63) is 77.6 Å². The number of amides is 1. The molecule has 138 valence electrons. The molecule has 0 aliphatic heterocycles. The molecule has 2 aromatic carbocycles. The van der Waals surface area contributed by atoms with Gasteiger partial charge in [0, 0.05) is 30.2 Å². The first kappa shape index (κ1) is 18.9. The zero-order valence-electron chi connectivity index (χ0n) is 15.3. The van der Waals surface area contributed by atoms with E-state index in [1.165, 1.54) is 29.8 Å². The summed E-state index contributed by atoms with van der Waals surface area (Å²) in [5.41, 5.74) is 3.72. The Morgan fingerprint density at radius 2 is 1.78 bits per heavy atom. The van der Waals surface area contributed by atoms with Crippen LogP contribution < -0.4 is 5.32 Å². The number of Topliss-reactive ketones (excluding diaryl/α,β-unsaturated/α-hetero) is 1. The van der Waals surface area contributed by atoms with Gasteiger partial charge in [0.25, 0.3) is 0 Å². The topological polar surface area (TPSA) is 64.0 Å². The lowest BCUT2D eigenvalue weighted by Gasteiger charge is -2.09. The van der Waals surface area contributed by atoms with E-state index < -0.39 is 0 Å². The third-order valence-corrected chi connectivity index (χ3v) is 5.06. The number of imidazole rings is 1. The van der Waals surface area contributed by atoms with Crippen LogP contribution in [0.5, 0.6) is 0 Å². The van der Waals surface area contributed by atoms with E-state index in [-0.39, 0.29) is 17.4 Å². The molecular weight excluding hydrogens is 358 g/mol. The second kappa shape index (κ2) is 8.68. The van der Waals surface area contributed by atoms with E-state index in [0.29, 0.717) is 11.3 Å². The monoisotopic (exact) mass is 379 g/mol. The number of nitrogens with one attached hydrogen (secondary N) is 1. The summed E-state index contributed by atoms with van der Waals surface area (Å²) < 4.78 is 2.03. The van der Waals surface area contributed by atoms with Gasteiger partial charge in [0.05, 0.1) is 5.75 Å². The molecule has 0 saturated carbocycles. The Bertz CT molecular complexity index is 931. The van der Waals surface area contributed by atoms with Gasteiger partial charge in [-0.15, -0.1) is 0 Å². The van der Waals surface area contributed by atoms with Gasteiger partial charge in [-0.05, 0) is 43.7 Å². The minimum atomic E-state index is -0.111. The minimum Gasteiger partial charge on any atom is -0.325 e. The Kier molecular flexibility index (Phi) is 6.08. The van der Waals surface area contributed by atoms with Gasteiger partial charge in [0.1, 0.15) is 0 Å². The van der Waals surface area contributed by atoms with Crippen LogP contribution in [0.3, 0.4) is 0 Å². The summed E-state index contributed by atoms with van der Waals surface area (Å²) >= 11 is 1.40. The Labute approximate surface area is 162 Å². The number of aromatic nitrogens is 2. The molecule has 0 spiro atoms. The minimum absolute atomic E-state index is 0.00356. The van der Waals surface area contributed by atoms with Crippen LogP contribution in [0.2, 0.25) is 0 Å². The van der Waals surface area contributed by atoms with Crippen molar-refractivity contribution in [3.8, 4) is 0 Å². The van der Waals surface area contributed by atoms with Gasteiger partial charge in [-0.1, -0.05) is 41.6 Å². The summed E-state index contributed by atoms with van der Waals surface area (Å²) in [6, 6.07) is 15.3. The van der Waals surface area contributed by atoms with Crippen LogP contribution in [0.1, 0.15) is 28.4 Å². The SMILES string of the molecule is CC(=O)c1ccc(NC(=O)CSc2nccn2Cc2ccc(C)cc2)cc1. The first-order valence-electron chi connectivity index (χ1n) is 8.61. The summed E-state index contributed by atoms with van der Waals surface area (Å²) in [5.74, 6) is 0.156. The second-order valence-corrected chi connectivity index (χ2v) is 7.24. The Hall–Kier alpha value is -2.86. The normalized spacial score (nSPS) is 10.6. The van der Waals surface area contributed by atoms with Gasteiger partial charge in [-0.2, -0.15) is 0 Å². The predicted octanol–water partition coefficient (Wildman–Crippen LogP) is 4.17. The number of carbonyl (C=O) groups is 2. The maximum Gasteiger partial charge on any atom is 0.234 e. The molecule has 0 unspecified atom stereocenters. The molecule has 0 aliphatic rings. The molecule has 27 heavy (non-hydrogen) atoms. The van der Waals surface area contributed by atoms with E-state index in [1.54, 1.807) is 30.5 Å². The smallest absolute Gasteiger partial charge is 0.234 e. The van der Waals surface area contributed by atoms with Crippen molar-refractivity contribution in [3.63, 3.8) is 0 Å². The van der Waals surface area contributed by atoms with Crippen molar-refractivity contribution in [2.75, 3.05) is 11.1 Å².